The standard InChI is InChI=1S/C21H24N6OS/c28-20(16-6-10-27(11-7-16)21-22-8-3-9-23-21)26-14-12-25(13-15-26)19-17-4-1-2-5-18(17)29-24-19/h1-5,8-9,16H,6-7,10-15H2. The van der Waals surface area contributed by atoms with Crippen molar-refractivity contribution in [2.75, 3.05) is 49.1 Å². The molecule has 1 aromatic carbocycles. The van der Waals surface area contributed by atoms with Crippen molar-refractivity contribution in [2.45, 2.75) is 12.8 Å². The first kappa shape index (κ1) is 18.3. The van der Waals surface area contributed by atoms with Crippen molar-refractivity contribution >= 4 is 39.3 Å². The van der Waals surface area contributed by atoms with Gasteiger partial charge in [-0.05, 0) is 42.6 Å². The van der Waals surface area contributed by atoms with Gasteiger partial charge in [-0.3, -0.25) is 4.79 Å². The number of fused-ring (bicyclic) bond motifs is 1. The van der Waals surface area contributed by atoms with Crippen LogP contribution < -0.4 is 9.80 Å². The third-order valence-corrected chi connectivity index (χ3v) is 6.75. The first-order valence-corrected chi connectivity index (χ1v) is 11.0. The minimum Gasteiger partial charge on any atom is -0.352 e. The number of rotatable bonds is 3. The van der Waals surface area contributed by atoms with Gasteiger partial charge in [0.25, 0.3) is 0 Å². The number of piperazine rings is 1. The molecule has 0 unspecified atom stereocenters. The van der Waals surface area contributed by atoms with E-state index in [4.69, 9.17) is 0 Å². The molecule has 1 amide bonds. The van der Waals surface area contributed by atoms with E-state index in [9.17, 15) is 4.79 Å². The average Bonchev–Trinajstić information content (AvgIpc) is 3.24. The molecule has 2 aliphatic heterocycles. The molecule has 4 heterocycles. The molecule has 0 atom stereocenters. The number of amides is 1. The van der Waals surface area contributed by atoms with Gasteiger partial charge in [0, 0.05) is 63.0 Å². The fourth-order valence-corrected chi connectivity index (χ4v) is 5.07. The summed E-state index contributed by atoms with van der Waals surface area (Å²) < 4.78 is 5.88. The first-order valence-electron chi connectivity index (χ1n) is 10.2. The second kappa shape index (κ2) is 7.94. The van der Waals surface area contributed by atoms with Gasteiger partial charge < -0.3 is 14.7 Å². The van der Waals surface area contributed by atoms with Crippen LogP contribution >= 0.6 is 11.5 Å². The topological polar surface area (TPSA) is 65.5 Å². The number of carbonyl (C=O) groups excluding carboxylic acids is 1. The molecule has 0 aliphatic carbocycles. The Kier molecular flexibility index (Phi) is 5.01. The maximum Gasteiger partial charge on any atom is 0.225 e. The quantitative estimate of drug-likeness (QED) is 0.664. The maximum atomic E-state index is 13.0. The van der Waals surface area contributed by atoms with Crippen LogP contribution in [-0.4, -0.2) is 64.4 Å². The molecule has 2 saturated heterocycles. The lowest BCUT2D eigenvalue weighted by molar-refractivity contribution is -0.136. The highest BCUT2D eigenvalue weighted by Crippen LogP contribution is 2.30. The number of hydrogen-bond donors (Lipinski definition) is 0. The van der Waals surface area contributed by atoms with Crippen LogP contribution in [0.5, 0.6) is 0 Å². The third kappa shape index (κ3) is 3.64. The van der Waals surface area contributed by atoms with Gasteiger partial charge in [0.2, 0.25) is 11.9 Å². The average molecular weight is 409 g/mol. The number of carbonyl (C=O) groups is 1. The number of hydrogen-bond acceptors (Lipinski definition) is 7. The highest BCUT2D eigenvalue weighted by atomic mass is 32.1. The Morgan fingerprint density at radius 1 is 0.897 bits per heavy atom. The number of nitrogens with zero attached hydrogens (tertiary/aromatic N) is 6. The predicted octanol–water partition coefficient (Wildman–Crippen LogP) is 2.65. The van der Waals surface area contributed by atoms with Gasteiger partial charge in [0.1, 0.15) is 5.82 Å². The van der Waals surface area contributed by atoms with E-state index < -0.39 is 0 Å². The second-order valence-corrected chi connectivity index (χ2v) is 8.43. The molecule has 7 nitrogen and oxygen atoms in total. The fraction of sp³-hybridized carbons (Fsp3) is 0.429. The van der Waals surface area contributed by atoms with E-state index in [2.05, 4.69) is 48.4 Å². The zero-order valence-corrected chi connectivity index (χ0v) is 17.1. The molecule has 0 saturated carbocycles. The minimum absolute atomic E-state index is 0.113. The largest absolute Gasteiger partial charge is 0.352 e. The first-order chi connectivity index (χ1) is 14.3. The van der Waals surface area contributed by atoms with Crippen molar-refractivity contribution in [1.82, 2.24) is 19.2 Å². The lowest BCUT2D eigenvalue weighted by Crippen LogP contribution is -2.52. The number of aromatic nitrogens is 3. The van der Waals surface area contributed by atoms with Gasteiger partial charge >= 0.3 is 0 Å². The predicted molar refractivity (Wildman–Crippen MR) is 115 cm³/mol. The zero-order valence-electron chi connectivity index (χ0n) is 16.3. The van der Waals surface area contributed by atoms with Gasteiger partial charge in [-0.2, -0.15) is 4.37 Å². The number of piperidine rings is 1. The lowest BCUT2D eigenvalue weighted by atomic mass is 9.95. The molecule has 2 aliphatic rings. The van der Waals surface area contributed by atoms with Gasteiger partial charge in [-0.1, -0.05) is 12.1 Å². The van der Waals surface area contributed by atoms with Crippen molar-refractivity contribution in [3.63, 3.8) is 0 Å². The summed E-state index contributed by atoms with van der Waals surface area (Å²) in [5.41, 5.74) is 0. The van der Waals surface area contributed by atoms with Crippen molar-refractivity contribution in [2.24, 2.45) is 5.92 Å². The van der Waals surface area contributed by atoms with Crippen LogP contribution in [0.25, 0.3) is 10.1 Å². The van der Waals surface area contributed by atoms with E-state index in [0.29, 0.717) is 5.91 Å². The van der Waals surface area contributed by atoms with Crippen molar-refractivity contribution < 1.29 is 4.79 Å². The minimum atomic E-state index is 0.113. The molecule has 5 rings (SSSR count). The monoisotopic (exact) mass is 408 g/mol. The van der Waals surface area contributed by atoms with Crippen molar-refractivity contribution in [1.29, 1.82) is 0 Å². The summed E-state index contributed by atoms with van der Waals surface area (Å²) in [5.74, 6) is 2.25. The number of benzene rings is 1. The fourth-order valence-electron chi connectivity index (χ4n) is 4.28. The Balaban J connectivity index is 1.17. The summed E-state index contributed by atoms with van der Waals surface area (Å²) in [5, 5.41) is 1.22. The molecule has 8 heteroatoms. The van der Waals surface area contributed by atoms with Gasteiger partial charge in [0.15, 0.2) is 0 Å². The van der Waals surface area contributed by atoms with Gasteiger partial charge in [-0.15, -0.1) is 0 Å². The van der Waals surface area contributed by atoms with Crippen molar-refractivity contribution in [3.8, 4) is 0 Å². The summed E-state index contributed by atoms with van der Waals surface area (Å²) in [7, 11) is 0. The van der Waals surface area contributed by atoms with Crippen molar-refractivity contribution in [3.05, 3.63) is 42.7 Å². The Morgan fingerprint density at radius 3 is 2.38 bits per heavy atom. The Hall–Kier alpha value is -2.74. The second-order valence-electron chi connectivity index (χ2n) is 7.62. The van der Waals surface area contributed by atoms with E-state index in [1.165, 1.54) is 10.1 Å². The summed E-state index contributed by atoms with van der Waals surface area (Å²) in [6, 6.07) is 10.2. The molecule has 0 N–H and O–H groups in total. The molecule has 0 spiro atoms. The van der Waals surface area contributed by atoms with Crippen LogP contribution in [0.3, 0.4) is 0 Å². The third-order valence-electron chi connectivity index (χ3n) is 5.93. The van der Waals surface area contributed by atoms with Crippen LogP contribution in [0.1, 0.15) is 12.8 Å². The summed E-state index contributed by atoms with van der Waals surface area (Å²) in [4.78, 5) is 28.2. The molecule has 0 radical (unpaired) electrons. The smallest absolute Gasteiger partial charge is 0.225 e. The molecule has 3 aromatic rings. The molecule has 0 bridgehead atoms. The lowest BCUT2D eigenvalue weighted by Gasteiger charge is -2.38. The molecular formula is C21H24N6OS. The normalized spacial score (nSPS) is 18.4. The Bertz CT molecular complexity index is 977. The highest BCUT2D eigenvalue weighted by molar-refractivity contribution is 7.13. The van der Waals surface area contributed by atoms with Crippen LogP contribution in [0.4, 0.5) is 11.8 Å². The van der Waals surface area contributed by atoms with Crippen LogP contribution in [0.15, 0.2) is 42.7 Å². The molecular weight excluding hydrogens is 384 g/mol. The molecule has 2 aromatic heterocycles. The summed E-state index contributed by atoms with van der Waals surface area (Å²) >= 11 is 1.55. The van der Waals surface area contributed by atoms with E-state index in [0.717, 1.165) is 63.9 Å². The maximum absolute atomic E-state index is 13.0. The van der Waals surface area contributed by atoms with Crippen LogP contribution in [-0.2, 0) is 4.79 Å². The van der Waals surface area contributed by atoms with E-state index in [1.807, 2.05) is 11.0 Å². The Labute approximate surface area is 174 Å². The Morgan fingerprint density at radius 2 is 1.62 bits per heavy atom. The van der Waals surface area contributed by atoms with Crippen LogP contribution in [0.2, 0.25) is 0 Å². The number of anilines is 2. The van der Waals surface area contributed by atoms with Gasteiger partial charge in [-0.25, -0.2) is 9.97 Å². The highest BCUT2D eigenvalue weighted by Gasteiger charge is 2.31. The SMILES string of the molecule is O=C(C1CCN(c2ncccn2)CC1)N1CCN(c2nsc3ccccc23)CC1. The summed E-state index contributed by atoms with van der Waals surface area (Å²) in [6.45, 7) is 4.90. The molecule has 150 valence electrons. The van der Waals surface area contributed by atoms with Crippen LogP contribution in [0, 0.1) is 5.92 Å². The zero-order chi connectivity index (χ0) is 19.6. The van der Waals surface area contributed by atoms with E-state index >= 15 is 0 Å². The van der Waals surface area contributed by atoms with E-state index in [1.54, 1.807) is 23.9 Å². The van der Waals surface area contributed by atoms with E-state index in [-0.39, 0.29) is 5.92 Å². The molecule has 29 heavy (non-hydrogen) atoms. The van der Waals surface area contributed by atoms with Gasteiger partial charge in [0.05, 0.1) is 4.70 Å². The summed E-state index contributed by atoms with van der Waals surface area (Å²) in [6.07, 6.45) is 5.28. The molecule has 2 fully saturated rings.